The van der Waals surface area contributed by atoms with Crippen molar-refractivity contribution in [2.75, 3.05) is 0 Å². The number of rotatable bonds is 2. The third kappa shape index (κ3) is 1.11. The Hall–Kier alpha value is -0.260. The fraction of sp³-hybridized carbons (Fsp3) is 0.769. The van der Waals surface area contributed by atoms with E-state index < -0.39 is 0 Å². The van der Waals surface area contributed by atoms with Gasteiger partial charge in [0.05, 0.1) is 0 Å². The fourth-order valence-electron chi connectivity index (χ4n) is 3.81. The van der Waals surface area contributed by atoms with E-state index >= 15 is 0 Å². The second-order valence-electron chi connectivity index (χ2n) is 5.69. The van der Waals surface area contributed by atoms with Gasteiger partial charge in [0.2, 0.25) is 0 Å². The lowest BCUT2D eigenvalue weighted by atomic mass is 9.63. The predicted octanol–water partition coefficient (Wildman–Crippen LogP) is 3.98. The Kier molecular flexibility index (Phi) is 1.87. The third-order valence-corrected chi connectivity index (χ3v) is 4.62. The van der Waals surface area contributed by atoms with Crippen molar-refractivity contribution < 1.29 is 0 Å². The summed E-state index contributed by atoms with van der Waals surface area (Å²) in [6.45, 7) is 11.2. The number of allylic oxidation sites excluding steroid dienone is 1. The molecule has 0 amide bonds. The summed E-state index contributed by atoms with van der Waals surface area (Å²) in [4.78, 5) is 0. The predicted molar refractivity (Wildman–Crippen MR) is 57.3 cm³/mol. The first-order valence-electron chi connectivity index (χ1n) is 5.48. The number of hydrogen-bond donors (Lipinski definition) is 0. The summed E-state index contributed by atoms with van der Waals surface area (Å²) in [5.74, 6) is 2.72. The van der Waals surface area contributed by atoms with Crippen LogP contribution in [0.5, 0.6) is 0 Å². The van der Waals surface area contributed by atoms with Crippen molar-refractivity contribution in [3.63, 3.8) is 0 Å². The summed E-state index contributed by atoms with van der Waals surface area (Å²) >= 11 is 0. The van der Waals surface area contributed by atoms with Crippen LogP contribution in [0.1, 0.15) is 46.5 Å². The minimum atomic E-state index is 0.487. The van der Waals surface area contributed by atoms with Crippen molar-refractivity contribution in [2.45, 2.75) is 46.5 Å². The number of hydrogen-bond acceptors (Lipinski definition) is 0. The molecule has 2 saturated carbocycles. The first kappa shape index (κ1) is 9.30. The zero-order chi connectivity index (χ0) is 9.69. The van der Waals surface area contributed by atoms with Gasteiger partial charge in [-0.2, -0.15) is 0 Å². The monoisotopic (exact) mass is 177 g/mol. The summed E-state index contributed by atoms with van der Waals surface area (Å²) in [5, 5.41) is 0. The van der Waals surface area contributed by atoms with Crippen molar-refractivity contribution >= 4 is 0 Å². The second kappa shape index (κ2) is 2.62. The van der Waals surface area contributed by atoms with Crippen molar-refractivity contribution in [1.29, 1.82) is 0 Å². The first-order valence-corrected chi connectivity index (χ1v) is 5.48. The van der Waals surface area contributed by atoms with Crippen LogP contribution in [0.25, 0.3) is 0 Å². The van der Waals surface area contributed by atoms with Crippen LogP contribution < -0.4 is 0 Å². The van der Waals surface area contributed by atoms with Crippen molar-refractivity contribution in [1.82, 2.24) is 0 Å². The molecule has 0 aromatic rings. The molecule has 0 heteroatoms. The second-order valence-corrected chi connectivity index (χ2v) is 5.69. The maximum Gasteiger partial charge on any atom is -0.00855 e. The fourth-order valence-corrected chi connectivity index (χ4v) is 3.81. The highest BCUT2D eigenvalue weighted by molar-refractivity contribution is 5.26. The van der Waals surface area contributed by atoms with Crippen LogP contribution in [-0.2, 0) is 0 Å². The number of fused-ring (bicyclic) bond motifs is 2. The minimum Gasteiger partial charge on any atom is -0.103 e. The molecule has 0 N–H and O–H groups in total. The smallest absolute Gasteiger partial charge is 0.00855 e. The molecule has 2 aliphatic carbocycles. The zero-order valence-electron chi connectivity index (χ0n) is 9.19. The lowest BCUT2D eigenvalue weighted by Crippen LogP contribution is -2.32. The van der Waals surface area contributed by atoms with Crippen LogP contribution in [0.15, 0.2) is 12.7 Å². The van der Waals surface area contributed by atoms with Gasteiger partial charge in [0, 0.05) is 0 Å². The molecule has 2 bridgehead atoms. The lowest BCUT2D eigenvalue weighted by Gasteiger charge is -2.41. The van der Waals surface area contributed by atoms with Gasteiger partial charge in [0.25, 0.3) is 0 Å². The highest BCUT2D eigenvalue weighted by Gasteiger charge is 2.58. The van der Waals surface area contributed by atoms with E-state index in [0.29, 0.717) is 10.8 Å². The molecule has 13 heavy (non-hydrogen) atoms. The van der Waals surface area contributed by atoms with Gasteiger partial charge >= 0.3 is 0 Å². The molecule has 2 atom stereocenters. The molecular formula is C13H21. The molecule has 2 fully saturated rings. The summed E-state index contributed by atoms with van der Waals surface area (Å²) in [6.07, 6.45) is 7.53. The van der Waals surface area contributed by atoms with E-state index in [-0.39, 0.29) is 0 Å². The third-order valence-electron chi connectivity index (χ3n) is 4.62. The zero-order valence-corrected chi connectivity index (χ0v) is 9.19. The lowest BCUT2D eigenvalue weighted by molar-refractivity contribution is 0.215. The van der Waals surface area contributed by atoms with Crippen molar-refractivity contribution in [3.05, 3.63) is 18.6 Å². The average molecular weight is 177 g/mol. The Morgan fingerprint density at radius 3 is 2.62 bits per heavy atom. The summed E-state index contributed by atoms with van der Waals surface area (Å²) in [5.41, 5.74) is 1.05. The van der Waals surface area contributed by atoms with Crippen LogP contribution in [0, 0.1) is 22.7 Å². The molecule has 0 spiro atoms. The van der Waals surface area contributed by atoms with Crippen molar-refractivity contribution in [2.24, 2.45) is 16.7 Å². The molecule has 0 saturated heterocycles. The van der Waals surface area contributed by atoms with Crippen LogP contribution in [-0.4, -0.2) is 0 Å². The highest BCUT2D eigenvalue weighted by atomic mass is 14.6. The van der Waals surface area contributed by atoms with Crippen LogP contribution in [0.2, 0.25) is 0 Å². The van der Waals surface area contributed by atoms with E-state index in [4.69, 9.17) is 0 Å². The van der Waals surface area contributed by atoms with Gasteiger partial charge in [0.15, 0.2) is 0 Å². The van der Waals surface area contributed by atoms with Gasteiger partial charge < -0.3 is 0 Å². The molecule has 2 rings (SSSR count). The van der Waals surface area contributed by atoms with Crippen LogP contribution in [0.3, 0.4) is 0 Å². The average Bonchev–Trinajstić information content (AvgIpc) is 2.50. The molecule has 0 aromatic heterocycles. The summed E-state index contributed by atoms with van der Waals surface area (Å²) in [7, 11) is 0. The molecule has 1 radical (unpaired) electrons. The van der Waals surface area contributed by atoms with Gasteiger partial charge in [0.1, 0.15) is 0 Å². The molecule has 0 heterocycles. The van der Waals surface area contributed by atoms with E-state index in [1.54, 1.807) is 5.92 Å². The molecule has 2 unspecified atom stereocenters. The Morgan fingerprint density at radius 2 is 2.15 bits per heavy atom. The first-order chi connectivity index (χ1) is 6.00. The molecule has 2 aliphatic rings. The highest BCUT2D eigenvalue weighted by Crippen LogP contribution is 2.68. The summed E-state index contributed by atoms with van der Waals surface area (Å²) < 4.78 is 0. The van der Waals surface area contributed by atoms with Crippen molar-refractivity contribution in [3.8, 4) is 0 Å². The van der Waals surface area contributed by atoms with Gasteiger partial charge in [-0.1, -0.05) is 26.8 Å². The van der Waals surface area contributed by atoms with E-state index in [1.807, 2.05) is 0 Å². The molecule has 73 valence electrons. The Labute approximate surface area is 82.4 Å². The van der Waals surface area contributed by atoms with Gasteiger partial charge in [-0.3, -0.25) is 0 Å². The van der Waals surface area contributed by atoms with E-state index in [1.165, 1.54) is 19.3 Å². The molecule has 0 nitrogen and oxygen atoms in total. The maximum absolute atomic E-state index is 3.88. The van der Waals surface area contributed by atoms with Gasteiger partial charge in [-0.25, -0.2) is 0 Å². The molecular weight excluding hydrogens is 156 g/mol. The molecule has 0 aromatic carbocycles. The quantitative estimate of drug-likeness (QED) is 0.560. The van der Waals surface area contributed by atoms with Crippen LogP contribution >= 0.6 is 0 Å². The van der Waals surface area contributed by atoms with E-state index in [9.17, 15) is 0 Å². The topological polar surface area (TPSA) is 0 Å². The van der Waals surface area contributed by atoms with Gasteiger partial charge in [-0.15, -0.1) is 6.58 Å². The normalized spacial score (nSPS) is 42.5. The van der Waals surface area contributed by atoms with Gasteiger partial charge in [-0.05, 0) is 48.3 Å². The molecule has 0 aliphatic heterocycles. The summed E-state index contributed by atoms with van der Waals surface area (Å²) in [6, 6.07) is 0. The maximum atomic E-state index is 3.88. The minimum absolute atomic E-state index is 0.487. The Morgan fingerprint density at radius 1 is 1.46 bits per heavy atom. The standard InChI is InChI=1S/C13H21/c1-5-6-11-12(2,3)10-7-8-13(11,4)9-10/h5,10H,1,6-9H2,2-4H3. The van der Waals surface area contributed by atoms with E-state index in [0.717, 1.165) is 12.3 Å². The Bertz CT molecular complexity index is 221. The van der Waals surface area contributed by atoms with Crippen LogP contribution in [0.4, 0.5) is 0 Å². The van der Waals surface area contributed by atoms with E-state index in [2.05, 4.69) is 33.4 Å². The largest absolute Gasteiger partial charge is 0.103 e. The SMILES string of the molecule is C=CC[C]1C2(C)CCC(C2)C1(C)C. The Balaban J connectivity index is 2.28.